The van der Waals surface area contributed by atoms with Crippen molar-refractivity contribution in [3.05, 3.63) is 18.0 Å². The third kappa shape index (κ3) is 3.00. The third-order valence-electron chi connectivity index (χ3n) is 3.91. The van der Waals surface area contributed by atoms with Gasteiger partial charge in [0.1, 0.15) is 10.6 Å². The van der Waals surface area contributed by atoms with Crippen molar-refractivity contribution in [1.82, 2.24) is 14.2 Å². The van der Waals surface area contributed by atoms with Crippen LogP contribution in [0.4, 0.5) is 0 Å². The smallest absolute Gasteiger partial charge is 0.352 e. The van der Waals surface area contributed by atoms with Crippen LogP contribution in [0.25, 0.3) is 0 Å². The van der Waals surface area contributed by atoms with Gasteiger partial charge in [-0.2, -0.15) is 4.31 Å². The minimum Gasteiger partial charge on any atom is -0.477 e. The minimum atomic E-state index is -3.74. The highest BCUT2D eigenvalue weighted by atomic mass is 32.2. The molecule has 2 heterocycles. The molecular weight excluding hydrogens is 310 g/mol. The number of hydrogen-bond donors (Lipinski definition) is 2. The van der Waals surface area contributed by atoms with Crippen molar-refractivity contribution < 1.29 is 23.1 Å². The molecule has 0 aliphatic carbocycles. The van der Waals surface area contributed by atoms with Gasteiger partial charge in [-0.05, 0) is 18.9 Å². The standard InChI is InChI=1S/C13H19N3O5S/c1-14-12(17)9-3-5-16(6-4-9)22(20,21)10-7-11(13(18)19)15(2)8-10/h7-9H,3-6H2,1-2H3,(H,14,17)(H,18,19). The molecule has 1 amide bonds. The topological polar surface area (TPSA) is 109 Å². The van der Waals surface area contributed by atoms with Crippen molar-refractivity contribution in [3.8, 4) is 0 Å². The summed E-state index contributed by atoms with van der Waals surface area (Å²) < 4.78 is 27.7. The largest absolute Gasteiger partial charge is 0.477 e. The number of piperidine rings is 1. The monoisotopic (exact) mass is 329 g/mol. The van der Waals surface area contributed by atoms with E-state index in [4.69, 9.17) is 5.11 Å². The van der Waals surface area contributed by atoms with E-state index in [1.54, 1.807) is 7.05 Å². The molecule has 9 heteroatoms. The molecule has 0 unspecified atom stereocenters. The first-order valence-electron chi connectivity index (χ1n) is 6.88. The minimum absolute atomic E-state index is 0.0363. The number of aryl methyl sites for hydroxylation is 1. The van der Waals surface area contributed by atoms with Gasteiger partial charge in [0, 0.05) is 39.3 Å². The number of hydrogen-bond acceptors (Lipinski definition) is 4. The molecule has 122 valence electrons. The van der Waals surface area contributed by atoms with Crippen LogP contribution in [0.3, 0.4) is 0 Å². The van der Waals surface area contributed by atoms with Crippen LogP contribution in [0, 0.1) is 5.92 Å². The summed E-state index contributed by atoms with van der Waals surface area (Å²) in [5, 5.41) is 11.6. The summed E-state index contributed by atoms with van der Waals surface area (Å²) >= 11 is 0. The van der Waals surface area contributed by atoms with Crippen LogP contribution in [0.1, 0.15) is 23.3 Å². The first-order chi connectivity index (χ1) is 10.3. The van der Waals surface area contributed by atoms with Gasteiger partial charge in [0.25, 0.3) is 0 Å². The van der Waals surface area contributed by atoms with Crippen molar-refractivity contribution in [2.75, 3.05) is 20.1 Å². The highest BCUT2D eigenvalue weighted by Gasteiger charge is 2.33. The Morgan fingerprint density at radius 1 is 1.32 bits per heavy atom. The fourth-order valence-corrected chi connectivity index (χ4v) is 4.14. The van der Waals surface area contributed by atoms with Crippen LogP contribution < -0.4 is 5.32 Å². The number of carbonyl (C=O) groups excluding carboxylic acids is 1. The Kier molecular flexibility index (Phi) is 4.57. The van der Waals surface area contributed by atoms with Gasteiger partial charge >= 0.3 is 5.97 Å². The Hall–Kier alpha value is -1.87. The Morgan fingerprint density at radius 3 is 2.36 bits per heavy atom. The molecule has 0 spiro atoms. The lowest BCUT2D eigenvalue weighted by Crippen LogP contribution is -2.42. The maximum atomic E-state index is 12.5. The molecule has 0 aromatic carbocycles. The summed E-state index contributed by atoms with van der Waals surface area (Å²) in [7, 11) is -0.691. The normalized spacial score (nSPS) is 17.4. The number of nitrogens with zero attached hydrogens (tertiary/aromatic N) is 2. The molecule has 0 bridgehead atoms. The second-order valence-corrected chi connectivity index (χ2v) is 7.21. The third-order valence-corrected chi connectivity index (χ3v) is 5.77. The van der Waals surface area contributed by atoms with Crippen LogP contribution in [0.15, 0.2) is 17.2 Å². The molecule has 0 saturated carbocycles. The predicted molar refractivity (Wildman–Crippen MR) is 77.9 cm³/mol. The molecule has 0 atom stereocenters. The number of carboxylic acid groups (broad SMARTS) is 1. The van der Waals surface area contributed by atoms with Crippen LogP contribution in [-0.2, 0) is 21.9 Å². The zero-order valence-electron chi connectivity index (χ0n) is 12.4. The van der Waals surface area contributed by atoms with Crippen LogP contribution in [0.2, 0.25) is 0 Å². The van der Waals surface area contributed by atoms with E-state index in [-0.39, 0.29) is 35.5 Å². The first kappa shape index (κ1) is 16.5. The quantitative estimate of drug-likeness (QED) is 0.800. The number of sulfonamides is 1. The molecule has 22 heavy (non-hydrogen) atoms. The maximum Gasteiger partial charge on any atom is 0.352 e. The molecule has 1 aromatic rings. The molecule has 1 saturated heterocycles. The number of rotatable bonds is 4. The van der Waals surface area contributed by atoms with Crippen molar-refractivity contribution in [1.29, 1.82) is 0 Å². The van der Waals surface area contributed by atoms with E-state index in [0.29, 0.717) is 12.8 Å². The molecule has 2 N–H and O–H groups in total. The van der Waals surface area contributed by atoms with Gasteiger partial charge in [0.2, 0.25) is 15.9 Å². The average Bonchev–Trinajstić information content (AvgIpc) is 2.89. The number of aromatic nitrogens is 1. The molecule has 0 radical (unpaired) electrons. The molecular formula is C13H19N3O5S. The Balaban J connectivity index is 2.17. The lowest BCUT2D eigenvalue weighted by Gasteiger charge is -2.29. The second kappa shape index (κ2) is 6.09. The van der Waals surface area contributed by atoms with Crippen molar-refractivity contribution >= 4 is 21.9 Å². The Labute approximate surface area is 128 Å². The van der Waals surface area contributed by atoms with Gasteiger partial charge < -0.3 is 15.0 Å². The summed E-state index contributed by atoms with van der Waals surface area (Å²) in [5.74, 6) is -1.44. The zero-order chi connectivity index (χ0) is 16.5. The van der Waals surface area contributed by atoms with Crippen LogP contribution in [-0.4, -0.2) is 54.4 Å². The maximum absolute atomic E-state index is 12.5. The van der Waals surface area contributed by atoms with E-state index >= 15 is 0 Å². The average molecular weight is 329 g/mol. The molecule has 1 fully saturated rings. The predicted octanol–water partition coefficient (Wildman–Crippen LogP) is -0.130. The summed E-state index contributed by atoms with van der Waals surface area (Å²) in [6.45, 7) is 0.495. The fraction of sp³-hybridized carbons (Fsp3) is 0.538. The SMILES string of the molecule is CNC(=O)C1CCN(S(=O)(=O)c2cc(C(=O)O)n(C)c2)CC1. The number of nitrogens with one attached hydrogen (secondary N) is 1. The number of aromatic carboxylic acids is 1. The van der Waals surface area contributed by atoms with Gasteiger partial charge in [-0.1, -0.05) is 0 Å². The molecule has 2 rings (SSSR count). The zero-order valence-corrected chi connectivity index (χ0v) is 13.3. The molecule has 1 aromatic heterocycles. The molecule has 1 aliphatic rings. The van der Waals surface area contributed by atoms with Crippen molar-refractivity contribution in [2.24, 2.45) is 13.0 Å². The lowest BCUT2D eigenvalue weighted by molar-refractivity contribution is -0.125. The Bertz CT molecular complexity index is 687. The molecule has 1 aliphatic heterocycles. The Morgan fingerprint density at radius 2 is 1.91 bits per heavy atom. The van der Waals surface area contributed by atoms with Gasteiger partial charge in [-0.3, -0.25) is 4.79 Å². The van der Waals surface area contributed by atoms with Gasteiger partial charge in [-0.25, -0.2) is 13.2 Å². The van der Waals surface area contributed by atoms with Crippen molar-refractivity contribution in [2.45, 2.75) is 17.7 Å². The van der Waals surface area contributed by atoms with E-state index in [9.17, 15) is 18.0 Å². The summed E-state index contributed by atoms with van der Waals surface area (Å²) in [4.78, 5) is 22.5. The highest BCUT2D eigenvalue weighted by Crippen LogP contribution is 2.25. The fourth-order valence-electron chi connectivity index (χ4n) is 2.60. The number of carbonyl (C=O) groups is 2. The summed E-state index contributed by atoms with van der Waals surface area (Å²) in [5.41, 5.74) is -0.0844. The molecule has 8 nitrogen and oxygen atoms in total. The number of amides is 1. The van der Waals surface area contributed by atoms with Crippen LogP contribution in [0.5, 0.6) is 0 Å². The van der Waals surface area contributed by atoms with E-state index in [1.807, 2.05) is 0 Å². The van der Waals surface area contributed by atoms with E-state index in [0.717, 1.165) is 6.07 Å². The van der Waals surface area contributed by atoms with E-state index < -0.39 is 16.0 Å². The first-order valence-corrected chi connectivity index (χ1v) is 8.32. The highest BCUT2D eigenvalue weighted by molar-refractivity contribution is 7.89. The van der Waals surface area contributed by atoms with Gasteiger partial charge in [-0.15, -0.1) is 0 Å². The number of carboxylic acids is 1. The van der Waals surface area contributed by atoms with Crippen LogP contribution >= 0.6 is 0 Å². The van der Waals surface area contributed by atoms with Gasteiger partial charge in [0.15, 0.2) is 0 Å². The second-order valence-electron chi connectivity index (χ2n) is 5.27. The lowest BCUT2D eigenvalue weighted by atomic mass is 9.97. The van der Waals surface area contributed by atoms with E-state index in [2.05, 4.69) is 5.32 Å². The summed E-state index contributed by atoms with van der Waals surface area (Å²) in [6, 6.07) is 1.16. The van der Waals surface area contributed by atoms with E-state index in [1.165, 1.54) is 22.1 Å². The summed E-state index contributed by atoms with van der Waals surface area (Å²) in [6.07, 6.45) is 2.21. The van der Waals surface area contributed by atoms with Gasteiger partial charge in [0.05, 0.1) is 0 Å². The van der Waals surface area contributed by atoms with Crippen molar-refractivity contribution in [3.63, 3.8) is 0 Å².